The lowest BCUT2D eigenvalue weighted by Crippen LogP contribution is -2.56. The van der Waals surface area contributed by atoms with Gasteiger partial charge in [0, 0.05) is 12.5 Å². The molecule has 1 N–H and O–H groups in total. The molecule has 64 valence electrons. The largest absolute Gasteiger partial charge is 0.306 e. The Balaban J connectivity index is 2.09. The van der Waals surface area contributed by atoms with Gasteiger partial charge in [-0.3, -0.25) is 0 Å². The molecule has 0 aromatic heterocycles. The number of fused-ring (bicyclic) bond motifs is 2. The van der Waals surface area contributed by atoms with Gasteiger partial charge in [-0.1, -0.05) is 6.42 Å². The van der Waals surface area contributed by atoms with E-state index in [9.17, 15) is 8.78 Å². The minimum atomic E-state index is -2.43. The summed E-state index contributed by atoms with van der Waals surface area (Å²) >= 11 is 0. The quantitative estimate of drug-likeness (QED) is 0.572. The van der Waals surface area contributed by atoms with Gasteiger partial charge in [0.2, 0.25) is 0 Å². The smallest absolute Gasteiger partial charge is 0.263 e. The van der Waals surface area contributed by atoms with Gasteiger partial charge in [-0.15, -0.1) is 0 Å². The van der Waals surface area contributed by atoms with Gasteiger partial charge in [-0.25, -0.2) is 8.78 Å². The predicted octanol–water partition coefficient (Wildman–Crippen LogP) is 1.93. The van der Waals surface area contributed by atoms with Crippen LogP contribution in [-0.4, -0.2) is 18.0 Å². The van der Waals surface area contributed by atoms with Crippen LogP contribution in [0.5, 0.6) is 0 Å². The number of piperidine rings is 2. The molecule has 3 heteroatoms. The van der Waals surface area contributed by atoms with E-state index >= 15 is 0 Å². The summed E-state index contributed by atoms with van der Waals surface area (Å²) in [5, 5.41) is 2.99. The monoisotopic (exact) mass is 161 g/mol. The van der Waals surface area contributed by atoms with E-state index in [1.54, 1.807) is 0 Å². The molecule has 2 aliphatic heterocycles. The second-order valence-corrected chi connectivity index (χ2v) is 3.65. The van der Waals surface area contributed by atoms with Crippen LogP contribution >= 0.6 is 0 Å². The normalized spacial score (nSPS) is 42.0. The lowest BCUT2D eigenvalue weighted by molar-refractivity contribution is -0.0824. The number of halogens is 2. The Hall–Kier alpha value is -0.180. The number of rotatable bonds is 0. The van der Waals surface area contributed by atoms with E-state index in [2.05, 4.69) is 5.32 Å². The molecule has 2 unspecified atom stereocenters. The first kappa shape index (κ1) is 7.47. The van der Waals surface area contributed by atoms with Crippen molar-refractivity contribution < 1.29 is 8.78 Å². The number of alkyl halides is 2. The molecule has 11 heavy (non-hydrogen) atoms. The molecule has 2 rings (SSSR count). The minimum Gasteiger partial charge on any atom is -0.306 e. The third-order valence-corrected chi connectivity index (χ3v) is 2.82. The van der Waals surface area contributed by atoms with E-state index in [1.165, 1.54) is 0 Å². The number of nitrogens with one attached hydrogen (secondary N) is 1. The first-order valence-electron chi connectivity index (χ1n) is 4.32. The molecule has 0 spiro atoms. The van der Waals surface area contributed by atoms with Gasteiger partial charge >= 0.3 is 0 Å². The highest BCUT2D eigenvalue weighted by Gasteiger charge is 2.45. The van der Waals surface area contributed by atoms with Gasteiger partial charge in [0.25, 0.3) is 5.92 Å². The average molecular weight is 161 g/mol. The van der Waals surface area contributed by atoms with E-state index in [-0.39, 0.29) is 6.42 Å². The van der Waals surface area contributed by atoms with Crippen LogP contribution in [0.15, 0.2) is 0 Å². The summed E-state index contributed by atoms with van der Waals surface area (Å²) < 4.78 is 26.0. The zero-order chi connectivity index (χ0) is 7.90. The van der Waals surface area contributed by atoms with Crippen LogP contribution < -0.4 is 5.32 Å². The fourth-order valence-electron chi connectivity index (χ4n) is 2.12. The summed E-state index contributed by atoms with van der Waals surface area (Å²) in [6, 6.07) is -0.136. The molecule has 2 fully saturated rings. The van der Waals surface area contributed by atoms with Crippen molar-refractivity contribution >= 4 is 0 Å². The summed E-state index contributed by atoms with van der Waals surface area (Å²) in [6.07, 6.45) is 3.47. The van der Waals surface area contributed by atoms with Crippen LogP contribution in [0.25, 0.3) is 0 Å². The van der Waals surface area contributed by atoms with Crippen LogP contribution in [0.3, 0.4) is 0 Å². The molecule has 2 bridgehead atoms. The van der Waals surface area contributed by atoms with Crippen molar-refractivity contribution in [2.45, 2.75) is 50.1 Å². The van der Waals surface area contributed by atoms with Crippen molar-refractivity contribution in [3.8, 4) is 0 Å². The van der Waals surface area contributed by atoms with E-state index in [1.807, 2.05) is 0 Å². The summed E-state index contributed by atoms with van der Waals surface area (Å²) in [5.41, 5.74) is 0. The zero-order valence-electron chi connectivity index (χ0n) is 6.45. The maximum atomic E-state index is 13.0. The fourth-order valence-corrected chi connectivity index (χ4v) is 2.12. The van der Waals surface area contributed by atoms with E-state index < -0.39 is 12.0 Å². The Morgan fingerprint density at radius 3 is 2.73 bits per heavy atom. The van der Waals surface area contributed by atoms with Crippen LogP contribution in [0.4, 0.5) is 8.78 Å². The molecule has 0 aliphatic carbocycles. The second kappa shape index (κ2) is 2.41. The highest BCUT2D eigenvalue weighted by atomic mass is 19.3. The van der Waals surface area contributed by atoms with E-state index in [0.717, 1.165) is 12.8 Å². The Morgan fingerprint density at radius 1 is 1.18 bits per heavy atom. The van der Waals surface area contributed by atoms with E-state index in [0.29, 0.717) is 18.9 Å². The van der Waals surface area contributed by atoms with Gasteiger partial charge in [0.15, 0.2) is 0 Å². The van der Waals surface area contributed by atoms with Crippen molar-refractivity contribution in [3.63, 3.8) is 0 Å². The highest BCUT2D eigenvalue weighted by molar-refractivity contribution is 4.95. The van der Waals surface area contributed by atoms with Gasteiger partial charge in [-0.05, 0) is 19.3 Å². The fraction of sp³-hybridized carbons (Fsp3) is 1.00. The van der Waals surface area contributed by atoms with Crippen LogP contribution in [0, 0.1) is 0 Å². The Bertz CT molecular complexity index is 158. The average Bonchev–Trinajstić information content (AvgIpc) is 2.00. The predicted molar refractivity (Wildman–Crippen MR) is 38.7 cm³/mol. The molecule has 1 nitrogen and oxygen atoms in total. The third kappa shape index (κ3) is 1.26. The van der Waals surface area contributed by atoms with Gasteiger partial charge < -0.3 is 5.32 Å². The van der Waals surface area contributed by atoms with Gasteiger partial charge in [-0.2, -0.15) is 0 Å². The maximum absolute atomic E-state index is 13.0. The number of hydrogen-bond acceptors (Lipinski definition) is 1. The topological polar surface area (TPSA) is 12.0 Å². The maximum Gasteiger partial charge on any atom is 0.263 e. The molecule has 0 aromatic rings. The molecule has 0 aromatic carbocycles. The summed E-state index contributed by atoms with van der Waals surface area (Å²) in [4.78, 5) is 0. The molecule has 2 saturated heterocycles. The van der Waals surface area contributed by atoms with Crippen LogP contribution in [0.2, 0.25) is 0 Å². The van der Waals surface area contributed by atoms with Crippen molar-refractivity contribution in [1.82, 2.24) is 5.32 Å². The summed E-state index contributed by atoms with van der Waals surface area (Å²) in [7, 11) is 0. The summed E-state index contributed by atoms with van der Waals surface area (Å²) in [6.45, 7) is 0. The van der Waals surface area contributed by atoms with Gasteiger partial charge in [0.1, 0.15) is 0 Å². The van der Waals surface area contributed by atoms with Crippen molar-refractivity contribution in [3.05, 3.63) is 0 Å². The molecule has 0 amide bonds. The Kier molecular flexibility index (Phi) is 1.63. The van der Waals surface area contributed by atoms with E-state index in [4.69, 9.17) is 0 Å². The first-order valence-corrected chi connectivity index (χ1v) is 4.32. The summed E-state index contributed by atoms with van der Waals surface area (Å²) in [5.74, 6) is -2.43. The van der Waals surface area contributed by atoms with Crippen molar-refractivity contribution in [2.24, 2.45) is 0 Å². The first-order chi connectivity index (χ1) is 5.18. The Morgan fingerprint density at radius 2 is 2.00 bits per heavy atom. The molecule has 0 radical (unpaired) electrons. The highest BCUT2D eigenvalue weighted by Crippen LogP contribution is 2.36. The second-order valence-electron chi connectivity index (χ2n) is 3.65. The number of hydrogen-bond donors (Lipinski definition) is 1. The Labute approximate surface area is 65.2 Å². The van der Waals surface area contributed by atoms with Crippen molar-refractivity contribution in [2.75, 3.05) is 0 Å². The lowest BCUT2D eigenvalue weighted by atomic mass is 9.84. The minimum absolute atomic E-state index is 0.0926. The van der Waals surface area contributed by atoms with Gasteiger partial charge in [0.05, 0.1) is 6.04 Å². The molecule has 0 saturated carbocycles. The molecule has 2 heterocycles. The SMILES string of the molecule is FC1(F)CCC2CCCC1N2. The standard InChI is InChI=1S/C8H13F2N/c9-8(10)5-4-6-2-1-3-7(8)11-6/h6-7,11H,1-5H2. The third-order valence-electron chi connectivity index (χ3n) is 2.82. The zero-order valence-corrected chi connectivity index (χ0v) is 6.45. The molecule has 2 aliphatic rings. The molecular formula is C8H13F2N. The molecular weight excluding hydrogens is 148 g/mol. The van der Waals surface area contributed by atoms with Crippen LogP contribution in [0.1, 0.15) is 32.1 Å². The molecule has 2 atom stereocenters. The van der Waals surface area contributed by atoms with Crippen LogP contribution in [-0.2, 0) is 0 Å². The lowest BCUT2D eigenvalue weighted by Gasteiger charge is -2.41. The van der Waals surface area contributed by atoms with Crippen molar-refractivity contribution in [1.29, 1.82) is 0 Å².